The van der Waals surface area contributed by atoms with Gasteiger partial charge < -0.3 is 14.9 Å². The molecule has 0 saturated carbocycles. The van der Waals surface area contributed by atoms with E-state index in [0.717, 1.165) is 0 Å². The van der Waals surface area contributed by atoms with E-state index >= 15 is 0 Å². The molecule has 2 unspecified atom stereocenters. The maximum atomic E-state index is 13.7. The largest absolute Gasteiger partial charge is 0.489 e. The monoisotopic (exact) mass is 339 g/mol. The van der Waals surface area contributed by atoms with Crippen molar-refractivity contribution in [2.45, 2.75) is 18.0 Å². The highest BCUT2D eigenvalue weighted by molar-refractivity contribution is 5.81. The number of alkyl halides is 3. The molecule has 7 heteroatoms. The van der Waals surface area contributed by atoms with Crippen LogP contribution in [0.15, 0.2) is 42.5 Å². The summed E-state index contributed by atoms with van der Waals surface area (Å²) in [5.74, 6) is 0.138. The minimum atomic E-state index is -4.88. The second-order valence-electron chi connectivity index (χ2n) is 5.58. The van der Waals surface area contributed by atoms with Gasteiger partial charge in [-0.05, 0) is 30.3 Å². The van der Waals surface area contributed by atoms with Gasteiger partial charge in [0.25, 0.3) is 0 Å². The van der Waals surface area contributed by atoms with E-state index in [1.54, 1.807) is 12.1 Å². The highest BCUT2D eigenvalue weighted by Crippen LogP contribution is 2.55. The second kappa shape index (κ2) is 5.77. The van der Waals surface area contributed by atoms with Crippen molar-refractivity contribution >= 4 is 0 Å². The molecule has 2 aromatic carbocycles. The molecule has 128 valence electrons. The van der Waals surface area contributed by atoms with Crippen molar-refractivity contribution < 1.29 is 28.1 Å². The molecule has 2 aromatic rings. The van der Waals surface area contributed by atoms with Gasteiger partial charge in [-0.2, -0.15) is 13.2 Å². The molecular formula is C17H16F3NO3. The zero-order valence-corrected chi connectivity index (χ0v) is 12.8. The Morgan fingerprint density at radius 1 is 1.12 bits per heavy atom. The van der Waals surface area contributed by atoms with E-state index in [0.29, 0.717) is 11.1 Å². The van der Waals surface area contributed by atoms with Gasteiger partial charge in [-0.1, -0.05) is 30.3 Å². The fraction of sp³-hybridized carbons (Fsp3) is 0.294. The zero-order chi connectivity index (χ0) is 17.5. The number of benzene rings is 2. The van der Waals surface area contributed by atoms with Crippen LogP contribution in [-0.4, -0.2) is 36.3 Å². The molecule has 24 heavy (non-hydrogen) atoms. The van der Waals surface area contributed by atoms with Crippen LogP contribution in [-0.2, 0) is 5.60 Å². The van der Waals surface area contributed by atoms with Crippen molar-refractivity contribution in [2.75, 3.05) is 13.7 Å². The average molecular weight is 339 g/mol. The molecule has 0 bridgehead atoms. The predicted octanol–water partition coefficient (Wildman–Crippen LogP) is 2.38. The van der Waals surface area contributed by atoms with Crippen molar-refractivity contribution in [1.82, 2.24) is 5.32 Å². The van der Waals surface area contributed by atoms with Crippen LogP contribution < -0.4 is 10.1 Å². The van der Waals surface area contributed by atoms with Gasteiger partial charge in [-0.3, -0.25) is 5.32 Å². The third-order valence-electron chi connectivity index (χ3n) is 4.14. The van der Waals surface area contributed by atoms with Crippen molar-refractivity contribution in [3.8, 4) is 16.9 Å². The number of hydrogen-bond acceptors (Lipinski definition) is 4. The molecule has 0 spiro atoms. The van der Waals surface area contributed by atoms with Gasteiger partial charge >= 0.3 is 6.18 Å². The van der Waals surface area contributed by atoms with Crippen LogP contribution in [0, 0.1) is 0 Å². The van der Waals surface area contributed by atoms with Gasteiger partial charge in [0.2, 0.25) is 5.60 Å². The maximum Gasteiger partial charge on any atom is 0.425 e. The number of halogens is 3. The summed E-state index contributed by atoms with van der Waals surface area (Å²) in [5.41, 5.74) is -2.89. The highest BCUT2D eigenvalue weighted by Gasteiger charge is 2.60. The van der Waals surface area contributed by atoms with Gasteiger partial charge in [0.05, 0.1) is 0 Å². The number of nitrogens with one attached hydrogen (secondary N) is 1. The topological polar surface area (TPSA) is 61.7 Å². The quantitative estimate of drug-likeness (QED) is 0.749. The van der Waals surface area contributed by atoms with Crippen LogP contribution in [0.25, 0.3) is 11.1 Å². The lowest BCUT2D eigenvalue weighted by Crippen LogP contribution is -2.41. The molecule has 1 aliphatic rings. The molecule has 0 aromatic heterocycles. The summed E-state index contributed by atoms with van der Waals surface area (Å²) in [6.07, 6.45) is -5.82. The molecule has 0 heterocycles. The normalized spacial score (nSPS) is 20.4. The van der Waals surface area contributed by atoms with Gasteiger partial charge in [0.1, 0.15) is 18.6 Å². The third kappa shape index (κ3) is 2.45. The minimum absolute atomic E-state index is 0.132. The molecule has 3 N–H and O–H groups in total. The highest BCUT2D eigenvalue weighted by atomic mass is 19.4. The summed E-state index contributed by atoms with van der Waals surface area (Å²) in [5, 5.41) is 22.5. The Morgan fingerprint density at radius 3 is 2.46 bits per heavy atom. The van der Waals surface area contributed by atoms with E-state index in [9.17, 15) is 23.4 Å². The van der Waals surface area contributed by atoms with Crippen LogP contribution in [0.5, 0.6) is 5.75 Å². The van der Waals surface area contributed by atoms with Crippen molar-refractivity contribution in [2.24, 2.45) is 0 Å². The van der Waals surface area contributed by atoms with Gasteiger partial charge in [0, 0.05) is 11.1 Å². The van der Waals surface area contributed by atoms with Crippen LogP contribution in [0.3, 0.4) is 0 Å². The molecule has 0 amide bonds. The maximum absolute atomic E-state index is 13.7. The Labute approximate surface area is 136 Å². The second-order valence-corrected chi connectivity index (χ2v) is 5.58. The summed E-state index contributed by atoms with van der Waals surface area (Å²) >= 11 is 0. The lowest BCUT2D eigenvalue weighted by molar-refractivity contribution is -0.246. The number of fused-ring (bicyclic) bond motifs is 3. The first kappa shape index (κ1) is 16.8. The Morgan fingerprint density at radius 2 is 1.79 bits per heavy atom. The summed E-state index contributed by atoms with van der Waals surface area (Å²) < 4.78 is 46.3. The van der Waals surface area contributed by atoms with Crippen molar-refractivity contribution in [3.63, 3.8) is 0 Å². The summed E-state index contributed by atoms with van der Waals surface area (Å²) in [6.45, 7) is -0.132. The standard InChI is InChI=1S/C17H16F3NO3/c1-21-15(22)9-24-10-6-7-12-11-4-2-3-5-13(11)16(23,14(12)8-10)17(18,19)20/h2-8,15,21-23H,9H2,1H3. The van der Waals surface area contributed by atoms with Crippen LogP contribution >= 0.6 is 0 Å². The molecule has 0 fully saturated rings. The van der Waals surface area contributed by atoms with E-state index in [1.165, 1.54) is 37.4 Å². The Hall–Kier alpha value is -2.09. The molecule has 1 aliphatic carbocycles. The van der Waals surface area contributed by atoms with Crippen LogP contribution in [0.2, 0.25) is 0 Å². The number of aliphatic hydroxyl groups excluding tert-OH is 1. The van der Waals surface area contributed by atoms with Crippen LogP contribution in [0.1, 0.15) is 11.1 Å². The third-order valence-corrected chi connectivity index (χ3v) is 4.14. The van der Waals surface area contributed by atoms with E-state index < -0.39 is 18.0 Å². The number of rotatable bonds is 4. The number of likely N-dealkylation sites (N-methyl/N-ethyl adjacent to an activating group) is 1. The fourth-order valence-corrected chi connectivity index (χ4v) is 2.89. The Bertz CT molecular complexity index is 763. The molecule has 0 radical (unpaired) electrons. The number of hydrogen-bond donors (Lipinski definition) is 3. The summed E-state index contributed by atoms with van der Waals surface area (Å²) in [4.78, 5) is 0. The van der Waals surface area contributed by atoms with Crippen molar-refractivity contribution in [1.29, 1.82) is 0 Å². The smallest absolute Gasteiger partial charge is 0.425 e. The molecular weight excluding hydrogens is 323 g/mol. The molecule has 3 rings (SSSR count). The van der Waals surface area contributed by atoms with Gasteiger partial charge in [-0.15, -0.1) is 0 Å². The SMILES string of the molecule is CNC(O)COc1ccc2c(c1)C(O)(C(F)(F)F)c1ccccc1-2. The summed E-state index contributed by atoms with van der Waals surface area (Å²) in [7, 11) is 1.52. The Kier molecular flexibility index (Phi) is 4.03. The fourth-order valence-electron chi connectivity index (χ4n) is 2.89. The lowest BCUT2D eigenvalue weighted by atomic mass is 9.91. The minimum Gasteiger partial charge on any atom is -0.489 e. The molecule has 0 aliphatic heterocycles. The Balaban J connectivity index is 2.09. The van der Waals surface area contributed by atoms with E-state index in [2.05, 4.69) is 5.32 Å². The van der Waals surface area contributed by atoms with E-state index in [1.807, 2.05) is 0 Å². The molecule has 0 saturated heterocycles. The molecule has 2 atom stereocenters. The van der Waals surface area contributed by atoms with Gasteiger partial charge in [-0.25, -0.2) is 0 Å². The first-order chi connectivity index (χ1) is 11.3. The first-order valence-electron chi connectivity index (χ1n) is 7.30. The van der Waals surface area contributed by atoms with E-state index in [-0.39, 0.29) is 23.5 Å². The molecule has 4 nitrogen and oxygen atoms in total. The number of aliphatic hydroxyl groups is 2. The predicted molar refractivity (Wildman–Crippen MR) is 81.5 cm³/mol. The van der Waals surface area contributed by atoms with Crippen molar-refractivity contribution in [3.05, 3.63) is 53.6 Å². The lowest BCUT2D eigenvalue weighted by Gasteiger charge is -2.28. The van der Waals surface area contributed by atoms with Gasteiger partial charge in [0.15, 0.2) is 0 Å². The van der Waals surface area contributed by atoms with Crippen LogP contribution in [0.4, 0.5) is 13.2 Å². The average Bonchev–Trinajstić information content (AvgIpc) is 2.83. The first-order valence-corrected chi connectivity index (χ1v) is 7.30. The van der Waals surface area contributed by atoms with E-state index in [4.69, 9.17) is 4.74 Å². The summed E-state index contributed by atoms with van der Waals surface area (Å²) in [6, 6.07) is 10.1. The zero-order valence-electron chi connectivity index (χ0n) is 12.8. The number of ether oxygens (including phenoxy) is 1.